The Bertz CT molecular complexity index is 2730. The van der Waals surface area contributed by atoms with Gasteiger partial charge in [0.05, 0.1) is 5.69 Å². The Morgan fingerprint density at radius 1 is 0.321 bits per heavy atom. The van der Waals surface area contributed by atoms with E-state index in [-0.39, 0.29) is 10.8 Å². The molecular weight excluding hydrogens is 743 g/mol. The summed E-state index contributed by atoms with van der Waals surface area (Å²) in [4.78, 5) is 2.50. The van der Waals surface area contributed by atoms with E-state index in [0.29, 0.717) is 0 Å². The molecule has 0 heterocycles. The van der Waals surface area contributed by atoms with Gasteiger partial charge in [0.25, 0.3) is 0 Å². The predicted molar refractivity (Wildman–Crippen MR) is 240 cm³/mol. The summed E-state index contributed by atoms with van der Waals surface area (Å²) in [7, 11) is 0. The molecule has 0 saturated heterocycles. The summed E-state index contributed by atoms with van der Waals surface area (Å²) in [6.07, 6.45) is 0. The smallest absolute Gasteiger partial charge is 0.0540 e. The normalized spacial score (nSPS) is 14.1. The molecule has 0 atom stereocenters. The number of anilines is 3. The number of halogens is 1. The Morgan fingerprint density at radius 2 is 0.661 bits per heavy atom. The van der Waals surface area contributed by atoms with E-state index in [1.54, 1.807) is 0 Å². The molecule has 8 aromatic carbocycles. The largest absolute Gasteiger partial charge is 0.310 e. The molecule has 56 heavy (non-hydrogen) atoms. The number of nitrogens with zero attached hydrogens (tertiary/aromatic N) is 1. The van der Waals surface area contributed by atoms with E-state index in [1.807, 2.05) is 0 Å². The first-order valence-electron chi connectivity index (χ1n) is 19.5. The lowest BCUT2D eigenvalue weighted by molar-refractivity contribution is 0.660. The molecule has 0 aliphatic heterocycles. The monoisotopic (exact) mass is 783 g/mol. The fourth-order valence-electron chi connectivity index (χ4n) is 9.57. The van der Waals surface area contributed by atoms with Gasteiger partial charge in [0, 0.05) is 32.2 Å². The number of rotatable bonds is 6. The van der Waals surface area contributed by atoms with Gasteiger partial charge < -0.3 is 4.90 Å². The first-order chi connectivity index (χ1) is 27.2. The first-order valence-corrected chi connectivity index (χ1v) is 20.3. The van der Waals surface area contributed by atoms with Gasteiger partial charge in [-0.15, -0.1) is 0 Å². The summed E-state index contributed by atoms with van der Waals surface area (Å²) in [6.45, 7) is 9.47. The number of fused-ring (bicyclic) bond motifs is 6. The molecule has 2 aliphatic carbocycles. The van der Waals surface area contributed by atoms with Gasteiger partial charge >= 0.3 is 0 Å². The summed E-state index contributed by atoms with van der Waals surface area (Å²) in [5, 5.41) is 0. The molecule has 0 unspecified atom stereocenters. The third kappa shape index (κ3) is 5.27. The Balaban J connectivity index is 1.20. The lowest BCUT2D eigenvalue weighted by Gasteiger charge is -2.31. The van der Waals surface area contributed by atoms with E-state index >= 15 is 0 Å². The van der Waals surface area contributed by atoms with Crippen LogP contribution in [0.2, 0.25) is 0 Å². The fraction of sp³-hybridized carbons (Fsp3) is 0.111. The molecule has 2 aliphatic rings. The third-order valence-electron chi connectivity index (χ3n) is 12.4. The van der Waals surface area contributed by atoms with Gasteiger partial charge in [0.2, 0.25) is 0 Å². The molecule has 0 spiro atoms. The lowest BCUT2D eigenvalue weighted by Crippen LogP contribution is -2.18. The van der Waals surface area contributed by atoms with Crippen LogP contribution < -0.4 is 4.90 Å². The van der Waals surface area contributed by atoms with Gasteiger partial charge in [-0.05, 0) is 109 Å². The standard InChI is InChI=1S/C54H42BrN/c1-53(2)47-25-13-9-21-41(47)43-31-29-35(33-49(43)53)56(36-30-32-44-42-22-10-14-26-48(42)54(3,4)50(44)34-36)52-28-16-12-24-46(52)40-20-8-6-18-38(40)37-17-5-7-19-39(37)45-23-11-15-27-51(45)55/h5-34H,1-4H3. The van der Waals surface area contributed by atoms with E-state index < -0.39 is 0 Å². The number of para-hydroxylation sites is 1. The van der Waals surface area contributed by atoms with E-state index in [2.05, 4.69) is 231 Å². The Hall–Kier alpha value is -5.96. The molecule has 10 rings (SSSR count). The quantitative estimate of drug-likeness (QED) is 0.162. The maximum absolute atomic E-state index is 3.86. The summed E-state index contributed by atoms with van der Waals surface area (Å²) in [6, 6.07) is 67.2. The molecule has 0 amide bonds. The highest BCUT2D eigenvalue weighted by Crippen LogP contribution is 2.54. The molecule has 270 valence electrons. The molecule has 8 aromatic rings. The van der Waals surface area contributed by atoms with Gasteiger partial charge in [0.15, 0.2) is 0 Å². The van der Waals surface area contributed by atoms with Crippen LogP contribution in [0.3, 0.4) is 0 Å². The zero-order valence-electron chi connectivity index (χ0n) is 32.1. The third-order valence-corrected chi connectivity index (χ3v) is 13.1. The predicted octanol–water partition coefficient (Wildman–Crippen LogP) is 15.5. The summed E-state index contributed by atoms with van der Waals surface area (Å²) < 4.78 is 1.08. The van der Waals surface area contributed by atoms with Gasteiger partial charge in [-0.1, -0.05) is 189 Å². The van der Waals surface area contributed by atoms with Crippen molar-refractivity contribution in [3.05, 3.63) is 209 Å². The van der Waals surface area contributed by atoms with E-state index in [1.165, 1.54) is 77.9 Å². The minimum Gasteiger partial charge on any atom is -0.310 e. The van der Waals surface area contributed by atoms with Crippen molar-refractivity contribution in [2.24, 2.45) is 0 Å². The molecule has 1 nitrogen and oxygen atoms in total. The number of hydrogen-bond acceptors (Lipinski definition) is 1. The fourth-order valence-corrected chi connectivity index (χ4v) is 10.1. The van der Waals surface area contributed by atoms with Crippen LogP contribution in [-0.2, 0) is 10.8 Å². The van der Waals surface area contributed by atoms with Crippen molar-refractivity contribution >= 4 is 33.0 Å². The average Bonchev–Trinajstić information content (AvgIpc) is 3.60. The molecule has 0 aromatic heterocycles. The van der Waals surface area contributed by atoms with Crippen LogP contribution >= 0.6 is 15.9 Å². The molecule has 0 radical (unpaired) electrons. The zero-order chi connectivity index (χ0) is 38.2. The van der Waals surface area contributed by atoms with Crippen molar-refractivity contribution in [1.82, 2.24) is 0 Å². The second-order valence-corrected chi connectivity index (χ2v) is 17.1. The van der Waals surface area contributed by atoms with Crippen LogP contribution in [0.1, 0.15) is 49.9 Å². The van der Waals surface area contributed by atoms with Crippen LogP contribution in [0.4, 0.5) is 17.1 Å². The Morgan fingerprint density at radius 3 is 1.14 bits per heavy atom. The van der Waals surface area contributed by atoms with Crippen molar-refractivity contribution in [3.63, 3.8) is 0 Å². The van der Waals surface area contributed by atoms with Crippen LogP contribution in [0, 0.1) is 0 Å². The SMILES string of the molecule is CC1(C)c2ccccc2-c2ccc(N(c3ccc4c(c3)C(C)(C)c3ccccc3-4)c3ccccc3-c3ccccc3-c3ccccc3-c3ccccc3Br)cc21. The number of benzene rings is 8. The first kappa shape index (κ1) is 34.5. The second kappa shape index (κ2) is 13.1. The highest BCUT2D eigenvalue weighted by molar-refractivity contribution is 9.10. The minimum absolute atomic E-state index is 0.128. The van der Waals surface area contributed by atoms with Crippen molar-refractivity contribution in [2.45, 2.75) is 38.5 Å². The Kier molecular flexibility index (Phi) is 8.06. The van der Waals surface area contributed by atoms with Crippen molar-refractivity contribution in [1.29, 1.82) is 0 Å². The van der Waals surface area contributed by atoms with Crippen LogP contribution in [0.15, 0.2) is 186 Å². The minimum atomic E-state index is -0.128. The summed E-state index contributed by atoms with van der Waals surface area (Å²) in [5.74, 6) is 0. The highest BCUT2D eigenvalue weighted by Gasteiger charge is 2.38. The van der Waals surface area contributed by atoms with E-state index in [0.717, 1.165) is 21.5 Å². The van der Waals surface area contributed by atoms with Gasteiger partial charge in [-0.3, -0.25) is 0 Å². The van der Waals surface area contributed by atoms with Gasteiger partial charge in [-0.25, -0.2) is 0 Å². The number of hydrogen-bond donors (Lipinski definition) is 0. The van der Waals surface area contributed by atoms with Crippen molar-refractivity contribution in [3.8, 4) is 55.6 Å². The Labute approximate surface area is 339 Å². The van der Waals surface area contributed by atoms with Crippen molar-refractivity contribution in [2.75, 3.05) is 4.90 Å². The lowest BCUT2D eigenvalue weighted by atomic mass is 9.82. The molecule has 0 N–H and O–H groups in total. The molecule has 0 fully saturated rings. The van der Waals surface area contributed by atoms with E-state index in [4.69, 9.17) is 0 Å². The topological polar surface area (TPSA) is 3.24 Å². The molecular formula is C54H42BrN. The van der Waals surface area contributed by atoms with Crippen LogP contribution in [0.25, 0.3) is 55.6 Å². The van der Waals surface area contributed by atoms with Crippen LogP contribution in [0.5, 0.6) is 0 Å². The second-order valence-electron chi connectivity index (χ2n) is 16.2. The van der Waals surface area contributed by atoms with Gasteiger partial charge in [0.1, 0.15) is 0 Å². The molecule has 0 saturated carbocycles. The maximum atomic E-state index is 3.86. The van der Waals surface area contributed by atoms with Crippen molar-refractivity contribution < 1.29 is 0 Å². The molecule has 2 heteroatoms. The summed E-state index contributed by atoms with van der Waals surface area (Å²) >= 11 is 3.86. The van der Waals surface area contributed by atoms with Gasteiger partial charge in [-0.2, -0.15) is 0 Å². The maximum Gasteiger partial charge on any atom is 0.0540 e. The summed E-state index contributed by atoms with van der Waals surface area (Å²) in [5.41, 5.74) is 21.1. The zero-order valence-corrected chi connectivity index (χ0v) is 33.7. The highest BCUT2D eigenvalue weighted by atomic mass is 79.9. The van der Waals surface area contributed by atoms with E-state index in [9.17, 15) is 0 Å². The molecule has 0 bridgehead atoms. The van der Waals surface area contributed by atoms with Crippen LogP contribution in [-0.4, -0.2) is 0 Å². The average molecular weight is 785 g/mol.